The van der Waals surface area contributed by atoms with Crippen LogP contribution < -0.4 is 5.32 Å². The van der Waals surface area contributed by atoms with Crippen molar-refractivity contribution < 1.29 is 14.7 Å². The maximum Gasteiger partial charge on any atom is 0.317 e. The summed E-state index contributed by atoms with van der Waals surface area (Å²) in [4.78, 5) is 24.6. The lowest BCUT2D eigenvalue weighted by Gasteiger charge is -2.21. The van der Waals surface area contributed by atoms with E-state index < -0.39 is 5.97 Å². The van der Waals surface area contributed by atoms with Gasteiger partial charge in [0.2, 0.25) is 0 Å². The fourth-order valence-electron chi connectivity index (χ4n) is 2.57. The van der Waals surface area contributed by atoms with Crippen LogP contribution >= 0.6 is 15.9 Å². The van der Waals surface area contributed by atoms with Gasteiger partial charge in [0.15, 0.2) is 0 Å². The van der Waals surface area contributed by atoms with Gasteiger partial charge in [0, 0.05) is 24.0 Å². The molecule has 1 fully saturated rings. The molecule has 21 heavy (non-hydrogen) atoms. The number of nitrogens with one attached hydrogen (secondary N) is 1. The highest BCUT2D eigenvalue weighted by atomic mass is 79.9. The van der Waals surface area contributed by atoms with Crippen LogP contribution in [0.1, 0.15) is 31.4 Å². The number of nitrogens with zero attached hydrogens (tertiary/aromatic N) is 1. The average molecular weight is 355 g/mol. The number of hydrogen-bond acceptors (Lipinski definition) is 2. The number of halogens is 1. The van der Waals surface area contributed by atoms with E-state index in [0.29, 0.717) is 13.1 Å². The Morgan fingerprint density at radius 1 is 1.52 bits per heavy atom. The highest BCUT2D eigenvalue weighted by molar-refractivity contribution is 9.10. The molecule has 0 radical (unpaired) electrons. The summed E-state index contributed by atoms with van der Waals surface area (Å²) < 4.78 is 0.976. The Hall–Kier alpha value is -1.56. The minimum absolute atomic E-state index is 0.0643. The van der Waals surface area contributed by atoms with Gasteiger partial charge < -0.3 is 15.3 Å². The number of urea groups is 1. The summed E-state index contributed by atoms with van der Waals surface area (Å²) in [5.41, 5.74) is 1.03. The summed E-state index contributed by atoms with van der Waals surface area (Å²) in [6.45, 7) is 3.07. The van der Waals surface area contributed by atoms with E-state index in [2.05, 4.69) is 21.2 Å². The molecule has 1 aliphatic rings. The Morgan fingerprint density at radius 2 is 2.29 bits per heavy atom. The second-order valence-corrected chi connectivity index (χ2v) is 6.34. The molecule has 2 N–H and O–H groups in total. The van der Waals surface area contributed by atoms with Crippen molar-refractivity contribution in [1.82, 2.24) is 10.2 Å². The quantitative estimate of drug-likeness (QED) is 0.872. The number of carbonyl (C=O) groups is 2. The largest absolute Gasteiger partial charge is 0.481 e. The Labute approximate surface area is 132 Å². The van der Waals surface area contributed by atoms with E-state index in [0.717, 1.165) is 16.5 Å². The topological polar surface area (TPSA) is 69.6 Å². The van der Waals surface area contributed by atoms with Crippen molar-refractivity contribution in [1.29, 1.82) is 0 Å². The zero-order valence-corrected chi connectivity index (χ0v) is 13.5. The average Bonchev–Trinajstić information content (AvgIpc) is 2.86. The normalized spacial score (nSPS) is 19.3. The molecule has 114 valence electrons. The van der Waals surface area contributed by atoms with Crippen molar-refractivity contribution in [3.63, 3.8) is 0 Å². The summed E-state index contributed by atoms with van der Waals surface area (Å²) in [6, 6.07) is 7.59. The number of likely N-dealkylation sites (tertiary alicyclic amines) is 1. The van der Waals surface area contributed by atoms with E-state index in [1.807, 2.05) is 31.2 Å². The maximum atomic E-state index is 12.2. The van der Waals surface area contributed by atoms with Gasteiger partial charge >= 0.3 is 12.0 Å². The predicted molar refractivity (Wildman–Crippen MR) is 83.0 cm³/mol. The Balaban J connectivity index is 1.88. The van der Waals surface area contributed by atoms with Crippen LogP contribution in [0.5, 0.6) is 0 Å². The van der Waals surface area contributed by atoms with Gasteiger partial charge in [0.25, 0.3) is 0 Å². The second kappa shape index (κ2) is 6.93. The first-order valence-corrected chi connectivity index (χ1v) is 7.77. The van der Waals surface area contributed by atoms with Gasteiger partial charge in [-0.1, -0.05) is 28.1 Å². The van der Waals surface area contributed by atoms with Crippen molar-refractivity contribution in [3.05, 3.63) is 34.3 Å². The molecule has 1 aromatic rings. The highest BCUT2D eigenvalue weighted by Crippen LogP contribution is 2.21. The van der Waals surface area contributed by atoms with E-state index in [4.69, 9.17) is 5.11 Å². The fraction of sp³-hybridized carbons (Fsp3) is 0.467. The summed E-state index contributed by atoms with van der Waals surface area (Å²) in [5, 5.41) is 11.8. The van der Waals surface area contributed by atoms with Crippen molar-refractivity contribution in [2.24, 2.45) is 5.92 Å². The van der Waals surface area contributed by atoms with Crippen molar-refractivity contribution in [2.75, 3.05) is 13.1 Å². The summed E-state index contributed by atoms with van der Waals surface area (Å²) >= 11 is 3.41. The van der Waals surface area contributed by atoms with Crippen LogP contribution in [0.25, 0.3) is 0 Å². The third kappa shape index (κ3) is 4.46. The standard InChI is InChI=1S/C15H19BrN2O3/c1-10(12-3-2-4-13(16)8-12)17-15(21)18-6-5-11(9-18)7-14(19)20/h2-4,8,10-11H,5-7,9H2,1H3,(H,17,21)(H,19,20). The molecule has 0 spiro atoms. The highest BCUT2D eigenvalue weighted by Gasteiger charge is 2.28. The number of carboxylic acid groups (broad SMARTS) is 1. The minimum atomic E-state index is -0.801. The molecular formula is C15H19BrN2O3. The molecule has 1 aliphatic heterocycles. The molecule has 0 aliphatic carbocycles. The van der Waals surface area contributed by atoms with Crippen LogP contribution in [0.15, 0.2) is 28.7 Å². The maximum absolute atomic E-state index is 12.2. The number of rotatable bonds is 4. The lowest BCUT2D eigenvalue weighted by atomic mass is 10.1. The molecule has 5 nitrogen and oxygen atoms in total. The zero-order valence-electron chi connectivity index (χ0n) is 11.9. The van der Waals surface area contributed by atoms with E-state index in [1.165, 1.54) is 0 Å². The molecular weight excluding hydrogens is 336 g/mol. The fourth-order valence-corrected chi connectivity index (χ4v) is 2.98. The molecule has 2 rings (SSSR count). The second-order valence-electron chi connectivity index (χ2n) is 5.42. The van der Waals surface area contributed by atoms with E-state index >= 15 is 0 Å². The number of aliphatic carboxylic acids is 1. The van der Waals surface area contributed by atoms with Crippen LogP contribution in [0.3, 0.4) is 0 Å². The van der Waals surface area contributed by atoms with Gasteiger partial charge in [-0.3, -0.25) is 4.79 Å². The lowest BCUT2D eigenvalue weighted by molar-refractivity contribution is -0.138. The Bertz CT molecular complexity index is 535. The van der Waals surface area contributed by atoms with E-state index in [1.54, 1.807) is 4.90 Å². The SMILES string of the molecule is CC(NC(=O)N1CCC(CC(=O)O)C1)c1cccc(Br)c1. The molecule has 2 amide bonds. The van der Waals surface area contributed by atoms with Crippen LogP contribution in [-0.4, -0.2) is 35.1 Å². The molecule has 2 unspecified atom stereocenters. The Kier molecular flexibility index (Phi) is 5.22. The van der Waals surface area contributed by atoms with Gasteiger partial charge in [0.05, 0.1) is 6.04 Å². The number of carboxylic acids is 1. The molecule has 0 bridgehead atoms. The molecule has 6 heteroatoms. The van der Waals surface area contributed by atoms with Crippen LogP contribution in [-0.2, 0) is 4.79 Å². The van der Waals surface area contributed by atoms with Crippen molar-refractivity contribution in [2.45, 2.75) is 25.8 Å². The van der Waals surface area contributed by atoms with Gasteiger partial charge in [0.1, 0.15) is 0 Å². The monoisotopic (exact) mass is 354 g/mol. The summed E-state index contributed by atoms with van der Waals surface area (Å²) in [6.07, 6.45) is 0.885. The van der Waals surface area contributed by atoms with Crippen molar-refractivity contribution >= 4 is 27.9 Å². The minimum Gasteiger partial charge on any atom is -0.481 e. The van der Waals surface area contributed by atoms with Crippen LogP contribution in [0.4, 0.5) is 4.79 Å². The summed E-state index contributed by atoms with van der Waals surface area (Å²) in [5.74, 6) is -0.737. The smallest absolute Gasteiger partial charge is 0.317 e. The number of carbonyl (C=O) groups excluding carboxylic acids is 1. The first kappa shape index (κ1) is 15.8. The van der Waals surface area contributed by atoms with Gasteiger partial charge in [-0.15, -0.1) is 0 Å². The third-order valence-electron chi connectivity index (χ3n) is 3.73. The zero-order chi connectivity index (χ0) is 15.4. The van der Waals surface area contributed by atoms with Gasteiger partial charge in [-0.05, 0) is 37.0 Å². The molecule has 0 aromatic heterocycles. The molecule has 1 heterocycles. The van der Waals surface area contributed by atoms with E-state index in [9.17, 15) is 9.59 Å². The molecule has 2 atom stereocenters. The predicted octanol–water partition coefficient (Wildman–Crippen LogP) is 3.02. The van der Waals surface area contributed by atoms with E-state index in [-0.39, 0.29) is 24.4 Å². The summed E-state index contributed by atoms with van der Waals surface area (Å²) in [7, 11) is 0. The van der Waals surface area contributed by atoms with Crippen LogP contribution in [0, 0.1) is 5.92 Å². The number of hydrogen-bond donors (Lipinski definition) is 2. The first-order chi connectivity index (χ1) is 9.95. The first-order valence-electron chi connectivity index (χ1n) is 6.98. The third-order valence-corrected chi connectivity index (χ3v) is 4.22. The Morgan fingerprint density at radius 3 is 2.95 bits per heavy atom. The molecule has 0 saturated carbocycles. The van der Waals surface area contributed by atoms with Gasteiger partial charge in [-0.2, -0.15) is 0 Å². The van der Waals surface area contributed by atoms with Gasteiger partial charge in [-0.25, -0.2) is 4.79 Å². The van der Waals surface area contributed by atoms with Crippen LogP contribution in [0.2, 0.25) is 0 Å². The van der Waals surface area contributed by atoms with Crippen molar-refractivity contribution in [3.8, 4) is 0 Å². The molecule has 1 aromatic carbocycles. The lowest BCUT2D eigenvalue weighted by Crippen LogP contribution is -2.39. The number of amides is 2. The molecule has 1 saturated heterocycles. The number of benzene rings is 1.